The highest BCUT2D eigenvalue weighted by Gasteiger charge is 2.29. The molecule has 0 spiro atoms. The minimum Gasteiger partial charge on any atom is -0.462 e. The van der Waals surface area contributed by atoms with E-state index >= 15 is 0 Å². The van der Waals surface area contributed by atoms with E-state index in [1.807, 2.05) is 30.8 Å². The molecular weight excluding hydrogens is 272 g/mol. The maximum atomic E-state index is 12.1. The van der Waals surface area contributed by atoms with Crippen molar-refractivity contribution >= 4 is 29.1 Å². The molecule has 2 rings (SSSR count). The third-order valence-electron chi connectivity index (χ3n) is 3.28. The summed E-state index contributed by atoms with van der Waals surface area (Å²) < 4.78 is 5.33. The second kappa shape index (κ2) is 5.95. The predicted octanol–water partition coefficient (Wildman–Crippen LogP) is 2.78. The van der Waals surface area contributed by atoms with Crippen molar-refractivity contribution in [3.63, 3.8) is 0 Å². The zero-order chi connectivity index (χ0) is 14.8. The fraction of sp³-hybridized carbons (Fsp3) is 0.533. The first-order chi connectivity index (χ1) is 9.43. The first kappa shape index (κ1) is 15.0. The molecule has 1 saturated heterocycles. The summed E-state index contributed by atoms with van der Waals surface area (Å²) in [6.45, 7) is 8.48. The summed E-state index contributed by atoms with van der Waals surface area (Å²) >= 11 is 1.96. The van der Waals surface area contributed by atoms with E-state index in [2.05, 4.69) is 18.7 Å². The number of carbonyl (C=O) groups is 1. The first-order valence-electron chi connectivity index (χ1n) is 6.88. The SMILES string of the molecule is CCOC(=O)c1cc(N)ccc1N1CCSC(C)(C)C1. The summed E-state index contributed by atoms with van der Waals surface area (Å²) in [7, 11) is 0. The zero-order valence-electron chi connectivity index (χ0n) is 12.3. The van der Waals surface area contributed by atoms with Gasteiger partial charge in [0, 0.05) is 29.3 Å². The number of nitrogens with two attached hydrogens (primary N) is 1. The minimum atomic E-state index is -0.300. The summed E-state index contributed by atoms with van der Waals surface area (Å²) in [5.74, 6) is 0.755. The van der Waals surface area contributed by atoms with Crippen molar-refractivity contribution in [2.24, 2.45) is 0 Å². The molecule has 110 valence electrons. The molecule has 0 unspecified atom stereocenters. The number of ether oxygens (including phenoxy) is 1. The summed E-state index contributed by atoms with van der Waals surface area (Å²) in [4.78, 5) is 14.4. The average Bonchev–Trinajstić information content (AvgIpc) is 2.37. The molecule has 20 heavy (non-hydrogen) atoms. The van der Waals surface area contributed by atoms with Crippen LogP contribution < -0.4 is 10.6 Å². The Balaban J connectivity index is 2.33. The van der Waals surface area contributed by atoms with Crippen molar-refractivity contribution < 1.29 is 9.53 Å². The van der Waals surface area contributed by atoms with Crippen molar-refractivity contribution in [1.82, 2.24) is 0 Å². The standard InChI is InChI=1S/C15H22N2O2S/c1-4-19-14(18)12-9-11(16)5-6-13(12)17-7-8-20-15(2,3)10-17/h5-6,9H,4,7-8,10,16H2,1-3H3. The van der Waals surface area contributed by atoms with Gasteiger partial charge in [-0.25, -0.2) is 4.79 Å². The molecule has 0 aromatic heterocycles. The van der Waals surface area contributed by atoms with E-state index < -0.39 is 0 Å². The van der Waals surface area contributed by atoms with E-state index in [0.717, 1.165) is 24.5 Å². The lowest BCUT2D eigenvalue weighted by Crippen LogP contribution is -2.43. The molecular formula is C15H22N2O2S. The van der Waals surface area contributed by atoms with Gasteiger partial charge in [0.1, 0.15) is 0 Å². The number of esters is 1. The molecule has 0 amide bonds. The van der Waals surface area contributed by atoms with Gasteiger partial charge < -0.3 is 15.4 Å². The van der Waals surface area contributed by atoms with Crippen molar-refractivity contribution in [3.8, 4) is 0 Å². The number of nitrogen functional groups attached to an aromatic ring is 1. The van der Waals surface area contributed by atoms with Gasteiger partial charge in [0.05, 0.1) is 17.9 Å². The largest absolute Gasteiger partial charge is 0.462 e. The van der Waals surface area contributed by atoms with E-state index in [1.165, 1.54) is 0 Å². The number of carbonyl (C=O) groups excluding carboxylic acids is 1. The highest BCUT2D eigenvalue weighted by molar-refractivity contribution is 8.00. The molecule has 1 aliphatic heterocycles. The molecule has 0 radical (unpaired) electrons. The van der Waals surface area contributed by atoms with Gasteiger partial charge in [-0.1, -0.05) is 0 Å². The van der Waals surface area contributed by atoms with E-state index in [9.17, 15) is 4.79 Å². The first-order valence-corrected chi connectivity index (χ1v) is 7.87. The van der Waals surface area contributed by atoms with Gasteiger partial charge in [0.2, 0.25) is 0 Å². The van der Waals surface area contributed by atoms with Gasteiger partial charge >= 0.3 is 5.97 Å². The van der Waals surface area contributed by atoms with Gasteiger partial charge in [-0.15, -0.1) is 0 Å². The third kappa shape index (κ3) is 3.39. The Morgan fingerprint density at radius 2 is 2.25 bits per heavy atom. The number of rotatable bonds is 3. The highest BCUT2D eigenvalue weighted by atomic mass is 32.2. The molecule has 0 atom stereocenters. The van der Waals surface area contributed by atoms with Crippen LogP contribution in [0.3, 0.4) is 0 Å². The van der Waals surface area contributed by atoms with E-state index in [4.69, 9.17) is 10.5 Å². The summed E-state index contributed by atoms with van der Waals surface area (Å²) in [5.41, 5.74) is 7.89. The zero-order valence-corrected chi connectivity index (χ0v) is 13.1. The smallest absolute Gasteiger partial charge is 0.340 e. The van der Waals surface area contributed by atoms with Gasteiger partial charge in [-0.2, -0.15) is 11.8 Å². The van der Waals surface area contributed by atoms with Crippen LogP contribution in [0.4, 0.5) is 11.4 Å². The molecule has 0 saturated carbocycles. The number of hydrogen-bond acceptors (Lipinski definition) is 5. The van der Waals surface area contributed by atoms with Crippen LogP contribution in [-0.4, -0.2) is 36.2 Å². The molecule has 1 aromatic carbocycles. The number of benzene rings is 1. The van der Waals surface area contributed by atoms with Crippen LogP contribution in [0.1, 0.15) is 31.1 Å². The van der Waals surface area contributed by atoms with E-state index in [-0.39, 0.29) is 10.7 Å². The van der Waals surface area contributed by atoms with Gasteiger partial charge in [0.25, 0.3) is 0 Å². The van der Waals surface area contributed by atoms with Gasteiger partial charge in [0.15, 0.2) is 0 Å². The molecule has 0 aliphatic carbocycles. The molecule has 1 fully saturated rings. The van der Waals surface area contributed by atoms with Crippen LogP contribution in [0.25, 0.3) is 0 Å². The lowest BCUT2D eigenvalue weighted by Gasteiger charge is -2.39. The van der Waals surface area contributed by atoms with Gasteiger partial charge in [-0.05, 0) is 39.0 Å². The second-order valence-electron chi connectivity index (χ2n) is 5.53. The number of thioether (sulfide) groups is 1. The van der Waals surface area contributed by atoms with Crippen molar-refractivity contribution in [1.29, 1.82) is 0 Å². The van der Waals surface area contributed by atoms with Crippen molar-refractivity contribution in [2.75, 3.05) is 36.1 Å². The van der Waals surface area contributed by atoms with Crippen LogP contribution in [0.15, 0.2) is 18.2 Å². The minimum absolute atomic E-state index is 0.186. The number of nitrogens with zero attached hydrogens (tertiary/aromatic N) is 1. The highest BCUT2D eigenvalue weighted by Crippen LogP contribution is 2.34. The second-order valence-corrected chi connectivity index (χ2v) is 7.33. The Kier molecular flexibility index (Phi) is 4.48. The van der Waals surface area contributed by atoms with Crippen molar-refractivity contribution in [3.05, 3.63) is 23.8 Å². The average molecular weight is 294 g/mol. The van der Waals surface area contributed by atoms with Crippen molar-refractivity contribution in [2.45, 2.75) is 25.5 Å². The summed E-state index contributed by atoms with van der Waals surface area (Å²) in [6, 6.07) is 5.47. The molecule has 1 heterocycles. The predicted molar refractivity (Wildman–Crippen MR) is 85.6 cm³/mol. The van der Waals surface area contributed by atoms with Crippen LogP contribution in [0.2, 0.25) is 0 Å². The lowest BCUT2D eigenvalue weighted by molar-refractivity contribution is 0.0527. The Morgan fingerprint density at radius 3 is 2.90 bits per heavy atom. The fourth-order valence-corrected chi connectivity index (χ4v) is 3.54. The molecule has 1 aromatic rings. The van der Waals surface area contributed by atoms with E-state index in [1.54, 1.807) is 6.07 Å². The molecule has 4 nitrogen and oxygen atoms in total. The molecule has 2 N–H and O–H groups in total. The monoisotopic (exact) mass is 294 g/mol. The Bertz CT molecular complexity index is 503. The Hall–Kier alpha value is -1.36. The van der Waals surface area contributed by atoms with E-state index in [0.29, 0.717) is 17.9 Å². The lowest BCUT2D eigenvalue weighted by atomic mass is 10.1. The maximum absolute atomic E-state index is 12.1. The third-order valence-corrected chi connectivity index (χ3v) is 4.58. The number of anilines is 2. The van der Waals surface area contributed by atoms with Gasteiger partial charge in [-0.3, -0.25) is 0 Å². The fourth-order valence-electron chi connectivity index (χ4n) is 2.42. The molecule has 0 bridgehead atoms. The normalized spacial score (nSPS) is 17.9. The summed E-state index contributed by atoms with van der Waals surface area (Å²) in [5, 5.41) is 0. The molecule has 1 aliphatic rings. The quantitative estimate of drug-likeness (QED) is 0.686. The summed E-state index contributed by atoms with van der Waals surface area (Å²) in [6.07, 6.45) is 0. The van der Waals surface area contributed by atoms with Crippen LogP contribution in [-0.2, 0) is 4.74 Å². The van der Waals surface area contributed by atoms with Crippen LogP contribution in [0, 0.1) is 0 Å². The van der Waals surface area contributed by atoms with Crippen LogP contribution >= 0.6 is 11.8 Å². The maximum Gasteiger partial charge on any atom is 0.340 e. The Labute approximate surface area is 124 Å². The van der Waals surface area contributed by atoms with Crippen LogP contribution in [0.5, 0.6) is 0 Å². The topological polar surface area (TPSA) is 55.6 Å². The molecule has 5 heteroatoms. The number of hydrogen-bond donors (Lipinski definition) is 1. The Morgan fingerprint density at radius 1 is 1.50 bits per heavy atom.